The fourth-order valence-electron chi connectivity index (χ4n) is 3.13. The molecule has 0 spiro atoms. The number of aromatic nitrogens is 2. The van der Waals surface area contributed by atoms with Gasteiger partial charge in [0, 0.05) is 13.0 Å². The van der Waals surface area contributed by atoms with Crippen molar-refractivity contribution in [1.29, 1.82) is 0 Å². The monoisotopic (exact) mass is 358 g/mol. The zero-order valence-electron chi connectivity index (χ0n) is 12.9. The van der Waals surface area contributed by atoms with Gasteiger partial charge in [-0.15, -0.1) is 0 Å². The lowest BCUT2D eigenvalue weighted by molar-refractivity contribution is 0.0425. The molecule has 1 fully saturated rings. The largest absolute Gasteiger partial charge is 0.489 e. The molecule has 3 rings (SSSR count). The Morgan fingerprint density at radius 2 is 2.09 bits per heavy atom. The van der Waals surface area contributed by atoms with Crippen LogP contribution >= 0.6 is 23.2 Å². The molecule has 0 amide bonds. The number of halogens is 2. The van der Waals surface area contributed by atoms with Crippen LogP contribution in [-0.2, 0) is 13.7 Å². The van der Waals surface area contributed by atoms with Crippen molar-refractivity contribution in [2.45, 2.75) is 38.4 Å². The molecular formula is C16H20Cl2N2O3. The molecule has 1 aliphatic carbocycles. The van der Waals surface area contributed by atoms with Crippen molar-refractivity contribution in [2.75, 3.05) is 6.61 Å². The molecular weight excluding hydrogens is 339 g/mol. The number of aryl methyl sites for hydroxylation is 1. The van der Waals surface area contributed by atoms with Crippen LogP contribution in [0.5, 0.6) is 5.75 Å². The minimum Gasteiger partial charge on any atom is -0.489 e. The smallest absolute Gasteiger partial charge is 0.167 e. The minimum atomic E-state index is -0.339. The number of rotatable bonds is 4. The van der Waals surface area contributed by atoms with Gasteiger partial charge in [-0.1, -0.05) is 36.0 Å². The quantitative estimate of drug-likeness (QED) is 0.879. The van der Waals surface area contributed by atoms with Gasteiger partial charge >= 0.3 is 0 Å². The number of hydrogen-bond donors (Lipinski definition) is 2. The number of benzene rings is 1. The standard InChI is InChI=1S/C16H20Cl2N2O3/c1-20-11-6-10(17)14(18)16(15(11)19-13(20)7-21)23-8-9-4-2-3-5-12(9)22/h6,9,12,21-22H,2-5,7-8H2,1H3/t9-,12+/m1/s1. The zero-order valence-corrected chi connectivity index (χ0v) is 14.4. The van der Waals surface area contributed by atoms with E-state index in [2.05, 4.69) is 4.98 Å². The van der Waals surface area contributed by atoms with Gasteiger partial charge in [-0.2, -0.15) is 0 Å². The van der Waals surface area contributed by atoms with Gasteiger partial charge in [0.1, 0.15) is 23.0 Å². The predicted molar refractivity (Wildman–Crippen MR) is 90.1 cm³/mol. The van der Waals surface area contributed by atoms with Crippen LogP contribution in [-0.4, -0.2) is 32.5 Å². The SMILES string of the molecule is Cn1c(CO)nc2c(OC[C@H]3CCCC[C@@H]3O)c(Cl)c(Cl)cc21. The van der Waals surface area contributed by atoms with E-state index in [1.165, 1.54) is 0 Å². The lowest BCUT2D eigenvalue weighted by atomic mass is 9.87. The van der Waals surface area contributed by atoms with E-state index in [9.17, 15) is 10.2 Å². The van der Waals surface area contributed by atoms with E-state index in [1.54, 1.807) is 17.7 Å². The molecule has 2 aromatic rings. The normalized spacial score (nSPS) is 21.8. The van der Waals surface area contributed by atoms with Crippen LogP contribution in [0.3, 0.4) is 0 Å². The van der Waals surface area contributed by atoms with Crippen molar-refractivity contribution in [3.63, 3.8) is 0 Å². The number of ether oxygens (including phenoxy) is 1. The highest BCUT2D eigenvalue weighted by Crippen LogP contribution is 2.39. The molecule has 2 atom stereocenters. The summed E-state index contributed by atoms with van der Waals surface area (Å²) in [6, 6.07) is 1.72. The van der Waals surface area contributed by atoms with Gasteiger partial charge in [0.15, 0.2) is 5.75 Å². The van der Waals surface area contributed by atoms with Gasteiger partial charge in [0.25, 0.3) is 0 Å². The molecule has 1 aromatic heterocycles. The Kier molecular flexibility index (Phi) is 5.01. The predicted octanol–water partition coefficient (Wildman–Crippen LogP) is 3.30. The maximum atomic E-state index is 10.1. The second kappa shape index (κ2) is 6.85. The van der Waals surface area contributed by atoms with Crippen LogP contribution in [0, 0.1) is 5.92 Å². The highest BCUT2D eigenvalue weighted by Gasteiger charge is 2.25. The van der Waals surface area contributed by atoms with Crippen molar-refractivity contribution in [3.05, 3.63) is 21.9 Å². The summed E-state index contributed by atoms with van der Waals surface area (Å²) in [5, 5.41) is 20.2. The Labute approximate surface area is 144 Å². The van der Waals surface area contributed by atoms with E-state index in [0.717, 1.165) is 31.2 Å². The van der Waals surface area contributed by atoms with E-state index in [0.29, 0.717) is 33.7 Å². The van der Waals surface area contributed by atoms with E-state index < -0.39 is 0 Å². The summed E-state index contributed by atoms with van der Waals surface area (Å²) in [5.74, 6) is 1.03. The van der Waals surface area contributed by atoms with Gasteiger partial charge < -0.3 is 19.5 Å². The Hall–Kier alpha value is -1.01. The summed E-state index contributed by atoms with van der Waals surface area (Å²) in [7, 11) is 1.81. The average molecular weight is 359 g/mol. The topological polar surface area (TPSA) is 67.5 Å². The number of fused-ring (bicyclic) bond motifs is 1. The molecule has 0 saturated heterocycles. The van der Waals surface area contributed by atoms with Crippen LogP contribution in [0.15, 0.2) is 6.07 Å². The van der Waals surface area contributed by atoms with Gasteiger partial charge in [0.05, 0.1) is 23.3 Å². The molecule has 23 heavy (non-hydrogen) atoms. The fraction of sp³-hybridized carbons (Fsp3) is 0.562. The summed E-state index contributed by atoms with van der Waals surface area (Å²) in [5.41, 5.74) is 1.33. The summed E-state index contributed by atoms with van der Waals surface area (Å²) < 4.78 is 7.68. The maximum Gasteiger partial charge on any atom is 0.167 e. The van der Waals surface area contributed by atoms with Gasteiger partial charge in [0.2, 0.25) is 0 Å². The molecule has 0 unspecified atom stereocenters. The first kappa shape index (κ1) is 16.8. The first-order valence-electron chi connectivity index (χ1n) is 7.78. The molecule has 1 aromatic carbocycles. The number of aliphatic hydroxyl groups excluding tert-OH is 2. The van der Waals surface area contributed by atoms with Crippen LogP contribution in [0.1, 0.15) is 31.5 Å². The third-order valence-electron chi connectivity index (χ3n) is 4.57. The molecule has 7 heteroatoms. The number of nitrogens with zero attached hydrogens (tertiary/aromatic N) is 2. The third-order valence-corrected chi connectivity index (χ3v) is 5.34. The molecule has 5 nitrogen and oxygen atoms in total. The lowest BCUT2D eigenvalue weighted by Gasteiger charge is -2.27. The Morgan fingerprint density at radius 1 is 1.35 bits per heavy atom. The van der Waals surface area contributed by atoms with Crippen LogP contribution < -0.4 is 4.74 Å². The highest BCUT2D eigenvalue weighted by atomic mass is 35.5. The van der Waals surface area contributed by atoms with E-state index in [1.807, 2.05) is 0 Å². The number of imidazole rings is 1. The molecule has 1 aliphatic rings. The van der Waals surface area contributed by atoms with Crippen molar-refractivity contribution in [1.82, 2.24) is 9.55 Å². The number of aliphatic hydroxyl groups is 2. The molecule has 1 heterocycles. The highest BCUT2D eigenvalue weighted by molar-refractivity contribution is 6.44. The first-order valence-corrected chi connectivity index (χ1v) is 8.53. The summed E-state index contributed by atoms with van der Waals surface area (Å²) in [4.78, 5) is 4.40. The summed E-state index contributed by atoms with van der Waals surface area (Å²) in [6.45, 7) is 0.197. The summed E-state index contributed by atoms with van der Waals surface area (Å²) in [6.07, 6.45) is 3.56. The van der Waals surface area contributed by atoms with Gasteiger partial charge in [-0.25, -0.2) is 4.98 Å². The van der Waals surface area contributed by atoms with E-state index >= 15 is 0 Å². The average Bonchev–Trinajstić information content (AvgIpc) is 2.85. The number of hydrogen-bond acceptors (Lipinski definition) is 4. The Balaban J connectivity index is 1.94. The van der Waals surface area contributed by atoms with Gasteiger partial charge in [-0.05, 0) is 18.9 Å². The molecule has 0 radical (unpaired) electrons. The Bertz CT molecular complexity index is 717. The first-order chi connectivity index (χ1) is 11.0. The van der Waals surface area contributed by atoms with E-state index in [4.69, 9.17) is 27.9 Å². The van der Waals surface area contributed by atoms with Crippen molar-refractivity contribution >= 4 is 34.2 Å². The van der Waals surface area contributed by atoms with Gasteiger partial charge in [-0.3, -0.25) is 0 Å². The molecule has 2 N–H and O–H groups in total. The second-order valence-electron chi connectivity index (χ2n) is 6.04. The Morgan fingerprint density at radius 3 is 2.78 bits per heavy atom. The van der Waals surface area contributed by atoms with Crippen LogP contribution in [0.2, 0.25) is 10.0 Å². The van der Waals surface area contributed by atoms with Crippen molar-refractivity contribution < 1.29 is 14.9 Å². The van der Waals surface area contributed by atoms with Crippen molar-refractivity contribution in [2.24, 2.45) is 13.0 Å². The lowest BCUT2D eigenvalue weighted by Crippen LogP contribution is -2.29. The zero-order chi connectivity index (χ0) is 16.6. The third kappa shape index (κ3) is 3.15. The molecule has 1 saturated carbocycles. The van der Waals surface area contributed by atoms with Crippen molar-refractivity contribution in [3.8, 4) is 5.75 Å². The molecule has 0 bridgehead atoms. The minimum absolute atomic E-state index is 0.0925. The molecule has 0 aliphatic heterocycles. The fourth-order valence-corrected chi connectivity index (χ4v) is 3.52. The van der Waals surface area contributed by atoms with Crippen LogP contribution in [0.4, 0.5) is 0 Å². The summed E-state index contributed by atoms with van der Waals surface area (Å²) >= 11 is 12.5. The van der Waals surface area contributed by atoms with Crippen LogP contribution in [0.25, 0.3) is 11.0 Å². The maximum absolute atomic E-state index is 10.1. The van der Waals surface area contributed by atoms with E-state index in [-0.39, 0.29) is 18.6 Å². The second-order valence-corrected chi connectivity index (χ2v) is 6.82. The molecule has 126 valence electrons.